The number of allylic oxidation sites excluding steroid dienone is 3. The Labute approximate surface area is 117 Å². The molecule has 0 aromatic heterocycles. The minimum absolute atomic E-state index is 0.0224. The van der Waals surface area contributed by atoms with Crippen LogP contribution in [0.15, 0.2) is 29.0 Å². The Bertz CT molecular complexity index is 493. The summed E-state index contributed by atoms with van der Waals surface area (Å²) < 4.78 is 5.36. The number of carbonyl (C=O) groups excluding carboxylic acids is 2. The number of Topliss-reactive ketones (excluding diaryl/α,β-unsaturated/α-hetero) is 1. The van der Waals surface area contributed by atoms with Crippen LogP contribution in [0.25, 0.3) is 0 Å². The van der Waals surface area contributed by atoms with Crippen molar-refractivity contribution in [2.45, 2.75) is 12.8 Å². The highest BCUT2D eigenvalue weighted by atomic mass is 32.2. The lowest BCUT2D eigenvalue weighted by Gasteiger charge is -2.36. The van der Waals surface area contributed by atoms with Crippen LogP contribution in [0.3, 0.4) is 0 Å². The van der Waals surface area contributed by atoms with E-state index in [2.05, 4.69) is 4.99 Å². The molecule has 1 heterocycles. The number of rotatable bonds is 4. The van der Waals surface area contributed by atoms with Crippen LogP contribution in [0.4, 0.5) is 0 Å². The summed E-state index contributed by atoms with van der Waals surface area (Å²) in [6.07, 6.45) is 8.29. The molecule has 0 bridgehead atoms. The van der Waals surface area contributed by atoms with Crippen LogP contribution in [-0.2, 0) is 14.3 Å². The van der Waals surface area contributed by atoms with Crippen LogP contribution >= 0.6 is 11.8 Å². The van der Waals surface area contributed by atoms with E-state index in [0.29, 0.717) is 23.8 Å². The molecule has 0 radical (unpaired) electrons. The van der Waals surface area contributed by atoms with Gasteiger partial charge in [-0.05, 0) is 25.2 Å². The standard InChI is InChI=1S/C14H17NO3S/c1-18-12-8-10(16)4-6-14(12)5-3-7-15-13(14)11(17)9-19-2/h4,6,8H,3,5,7,9H2,1-2H3. The van der Waals surface area contributed by atoms with E-state index in [4.69, 9.17) is 4.74 Å². The van der Waals surface area contributed by atoms with E-state index in [-0.39, 0.29) is 11.6 Å². The molecule has 2 rings (SSSR count). The van der Waals surface area contributed by atoms with Gasteiger partial charge in [0.25, 0.3) is 0 Å². The molecule has 19 heavy (non-hydrogen) atoms. The fraction of sp³-hybridized carbons (Fsp3) is 0.500. The number of hydrogen-bond donors (Lipinski definition) is 0. The van der Waals surface area contributed by atoms with Gasteiger partial charge < -0.3 is 4.74 Å². The van der Waals surface area contributed by atoms with Crippen molar-refractivity contribution in [1.82, 2.24) is 0 Å². The summed E-state index contributed by atoms with van der Waals surface area (Å²) in [5, 5.41) is 0. The first-order valence-corrected chi connectivity index (χ1v) is 7.60. The second kappa shape index (κ2) is 5.74. The van der Waals surface area contributed by atoms with Gasteiger partial charge in [0.2, 0.25) is 0 Å². The molecule has 0 saturated carbocycles. The van der Waals surface area contributed by atoms with Crippen LogP contribution in [-0.4, -0.2) is 42.9 Å². The largest absolute Gasteiger partial charge is 0.500 e. The van der Waals surface area contributed by atoms with Crippen molar-refractivity contribution in [3.63, 3.8) is 0 Å². The van der Waals surface area contributed by atoms with Crippen LogP contribution in [0.1, 0.15) is 12.8 Å². The maximum atomic E-state index is 12.3. The summed E-state index contributed by atoms with van der Waals surface area (Å²) in [5.74, 6) is 0.853. The molecule has 5 heteroatoms. The van der Waals surface area contributed by atoms with Crippen molar-refractivity contribution >= 4 is 29.0 Å². The fourth-order valence-electron chi connectivity index (χ4n) is 2.60. The van der Waals surface area contributed by atoms with Crippen molar-refractivity contribution in [1.29, 1.82) is 0 Å². The van der Waals surface area contributed by atoms with Crippen molar-refractivity contribution in [2.24, 2.45) is 10.4 Å². The highest BCUT2D eigenvalue weighted by Gasteiger charge is 2.44. The molecule has 4 nitrogen and oxygen atoms in total. The van der Waals surface area contributed by atoms with Gasteiger partial charge >= 0.3 is 0 Å². The maximum absolute atomic E-state index is 12.3. The van der Waals surface area contributed by atoms with E-state index in [0.717, 1.165) is 12.8 Å². The van der Waals surface area contributed by atoms with Crippen molar-refractivity contribution in [3.8, 4) is 0 Å². The quantitative estimate of drug-likeness (QED) is 0.787. The number of ether oxygens (including phenoxy) is 1. The average molecular weight is 279 g/mol. The Morgan fingerprint density at radius 2 is 2.37 bits per heavy atom. The first-order valence-electron chi connectivity index (χ1n) is 6.20. The summed E-state index contributed by atoms with van der Waals surface area (Å²) in [4.78, 5) is 28.2. The van der Waals surface area contributed by atoms with Crippen LogP contribution in [0, 0.1) is 5.41 Å². The third-order valence-corrected chi connectivity index (χ3v) is 3.98. The van der Waals surface area contributed by atoms with E-state index in [1.807, 2.05) is 6.26 Å². The summed E-state index contributed by atoms with van der Waals surface area (Å²) in [6, 6.07) is 0. The lowest BCUT2D eigenvalue weighted by atomic mass is 9.71. The van der Waals surface area contributed by atoms with Gasteiger partial charge in [0.05, 0.1) is 24.0 Å². The molecule has 0 N–H and O–H groups in total. The molecule has 0 amide bonds. The zero-order valence-electron chi connectivity index (χ0n) is 11.1. The molecule has 0 aromatic carbocycles. The van der Waals surface area contributed by atoms with Gasteiger partial charge in [0.15, 0.2) is 11.6 Å². The summed E-state index contributed by atoms with van der Waals surface area (Å²) in [6.45, 7) is 0.663. The molecule has 1 atom stereocenters. The van der Waals surface area contributed by atoms with E-state index < -0.39 is 5.41 Å². The first kappa shape index (κ1) is 14.1. The Hall–Kier alpha value is -1.36. The monoisotopic (exact) mass is 279 g/mol. The normalized spacial score (nSPS) is 26.1. The Morgan fingerprint density at radius 3 is 3.05 bits per heavy atom. The van der Waals surface area contributed by atoms with Crippen LogP contribution in [0.2, 0.25) is 0 Å². The Kier molecular flexibility index (Phi) is 4.24. The van der Waals surface area contributed by atoms with Crippen molar-refractivity contribution in [2.75, 3.05) is 25.7 Å². The van der Waals surface area contributed by atoms with Gasteiger partial charge in [-0.2, -0.15) is 11.8 Å². The molecular formula is C14H17NO3S. The molecular weight excluding hydrogens is 262 g/mol. The summed E-state index contributed by atoms with van der Waals surface area (Å²) in [7, 11) is 1.53. The number of nitrogens with zero attached hydrogens (tertiary/aromatic N) is 1. The SMILES string of the molecule is COC1=CC(=O)C=CC12CCCN=C2C(=O)CSC. The fourth-order valence-corrected chi connectivity index (χ4v) is 3.00. The van der Waals surface area contributed by atoms with Crippen molar-refractivity contribution in [3.05, 3.63) is 24.0 Å². The molecule has 102 valence electrons. The molecule has 1 aliphatic heterocycles. The van der Waals surface area contributed by atoms with E-state index in [1.54, 1.807) is 6.08 Å². The molecule has 0 saturated heterocycles. The summed E-state index contributed by atoms with van der Waals surface area (Å²) in [5.41, 5.74) is -0.0989. The average Bonchev–Trinajstić information content (AvgIpc) is 2.42. The lowest BCUT2D eigenvalue weighted by molar-refractivity contribution is -0.112. The number of thioether (sulfide) groups is 1. The second-order valence-electron chi connectivity index (χ2n) is 4.61. The number of hydrogen-bond acceptors (Lipinski definition) is 5. The highest BCUT2D eigenvalue weighted by Crippen LogP contribution is 2.41. The molecule has 1 unspecified atom stereocenters. The van der Waals surface area contributed by atoms with Gasteiger partial charge in [-0.25, -0.2) is 0 Å². The predicted molar refractivity (Wildman–Crippen MR) is 76.6 cm³/mol. The molecule has 0 fully saturated rings. The Balaban J connectivity index is 2.44. The number of ketones is 2. The van der Waals surface area contributed by atoms with E-state index in [1.165, 1.54) is 31.0 Å². The van der Waals surface area contributed by atoms with Gasteiger partial charge in [-0.15, -0.1) is 0 Å². The smallest absolute Gasteiger partial charge is 0.187 e. The minimum atomic E-state index is -0.631. The van der Waals surface area contributed by atoms with Gasteiger partial charge in [-0.1, -0.05) is 6.08 Å². The van der Waals surface area contributed by atoms with Crippen LogP contribution in [0.5, 0.6) is 0 Å². The highest BCUT2D eigenvalue weighted by molar-refractivity contribution is 7.99. The zero-order valence-corrected chi connectivity index (χ0v) is 12.0. The molecule has 2 aliphatic rings. The number of methoxy groups -OCH3 is 1. The van der Waals surface area contributed by atoms with E-state index in [9.17, 15) is 9.59 Å². The van der Waals surface area contributed by atoms with Gasteiger partial charge in [0.1, 0.15) is 5.76 Å². The first-order chi connectivity index (χ1) is 9.14. The van der Waals surface area contributed by atoms with Crippen molar-refractivity contribution < 1.29 is 14.3 Å². The molecule has 0 aromatic rings. The number of carbonyl (C=O) groups is 2. The van der Waals surface area contributed by atoms with Gasteiger partial charge in [0, 0.05) is 12.6 Å². The van der Waals surface area contributed by atoms with Gasteiger partial charge in [-0.3, -0.25) is 14.6 Å². The second-order valence-corrected chi connectivity index (χ2v) is 5.48. The predicted octanol–water partition coefficient (Wildman–Crippen LogP) is 1.81. The zero-order chi connectivity index (χ0) is 13.9. The number of aliphatic imine (C=N–C) groups is 1. The molecule has 1 spiro atoms. The topological polar surface area (TPSA) is 55.7 Å². The maximum Gasteiger partial charge on any atom is 0.187 e. The lowest BCUT2D eigenvalue weighted by Crippen LogP contribution is -2.42. The third-order valence-electron chi connectivity index (χ3n) is 3.43. The van der Waals surface area contributed by atoms with E-state index >= 15 is 0 Å². The summed E-state index contributed by atoms with van der Waals surface area (Å²) >= 11 is 1.48. The molecule has 1 aliphatic carbocycles. The minimum Gasteiger partial charge on any atom is -0.500 e. The Morgan fingerprint density at radius 1 is 1.58 bits per heavy atom. The van der Waals surface area contributed by atoms with Crippen LogP contribution < -0.4 is 0 Å². The third kappa shape index (κ3) is 2.52.